The van der Waals surface area contributed by atoms with Crippen molar-refractivity contribution in [1.82, 2.24) is 25.3 Å². The van der Waals surface area contributed by atoms with Crippen LogP contribution in [-0.2, 0) is 16.4 Å². The summed E-state index contributed by atoms with van der Waals surface area (Å²) in [6, 6.07) is 16.9. The van der Waals surface area contributed by atoms with Crippen LogP contribution in [0, 0.1) is 0 Å². The van der Waals surface area contributed by atoms with Crippen LogP contribution in [0.1, 0.15) is 15.9 Å². The zero-order valence-electron chi connectivity index (χ0n) is 15.8. The molecule has 1 amide bonds. The number of primary sulfonamides is 1. The van der Waals surface area contributed by atoms with Gasteiger partial charge in [0.15, 0.2) is 5.65 Å². The first-order valence-electron chi connectivity index (χ1n) is 9.09. The highest BCUT2D eigenvalue weighted by Gasteiger charge is 2.10. The average molecular weight is 422 g/mol. The van der Waals surface area contributed by atoms with Crippen molar-refractivity contribution in [2.75, 3.05) is 6.54 Å². The van der Waals surface area contributed by atoms with Gasteiger partial charge in [-0.25, -0.2) is 18.5 Å². The van der Waals surface area contributed by atoms with E-state index in [4.69, 9.17) is 5.14 Å². The number of carbonyl (C=O) groups is 1. The van der Waals surface area contributed by atoms with E-state index in [9.17, 15) is 13.2 Å². The Hall–Kier alpha value is -3.63. The lowest BCUT2D eigenvalue weighted by Gasteiger charge is -2.07. The number of hydrogen-bond acceptors (Lipinski definition) is 6. The van der Waals surface area contributed by atoms with Crippen LogP contribution in [0.15, 0.2) is 71.8 Å². The number of nitrogens with zero attached hydrogens (tertiary/aromatic N) is 4. The summed E-state index contributed by atoms with van der Waals surface area (Å²) in [6.07, 6.45) is 2.23. The van der Waals surface area contributed by atoms with Crippen LogP contribution in [0.3, 0.4) is 0 Å². The fourth-order valence-corrected chi connectivity index (χ4v) is 3.48. The van der Waals surface area contributed by atoms with Crippen molar-refractivity contribution in [2.24, 2.45) is 5.14 Å². The van der Waals surface area contributed by atoms with Crippen molar-refractivity contribution in [3.05, 3.63) is 78.0 Å². The average Bonchev–Trinajstić information content (AvgIpc) is 3.18. The zero-order chi connectivity index (χ0) is 21.1. The largest absolute Gasteiger partial charge is 0.352 e. The van der Waals surface area contributed by atoms with E-state index in [0.717, 1.165) is 11.3 Å². The van der Waals surface area contributed by atoms with Crippen molar-refractivity contribution in [2.45, 2.75) is 11.3 Å². The van der Waals surface area contributed by atoms with E-state index in [1.54, 1.807) is 53.3 Å². The molecule has 0 aliphatic carbocycles. The predicted octanol–water partition coefficient (Wildman–Crippen LogP) is 1.44. The van der Waals surface area contributed by atoms with Crippen molar-refractivity contribution in [3.8, 4) is 5.69 Å². The molecule has 0 aliphatic rings. The summed E-state index contributed by atoms with van der Waals surface area (Å²) >= 11 is 0. The van der Waals surface area contributed by atoms with Crippen molar-refractivity contribution >= 4 is 27.1 Å². The Morgan fingerprint density at radius 3 is 2.47 bits per heavy atom. The summed E-state index contributed by atoms with van der Waals surface area (Å²) in [7, 11) is -3.71. The maximum atomic E-state index is 12.4. The van der Waals surface area contributed by atoms with Gasteiger partial charge in [-0.3, -0.25) is 4.79 Å². The SMILES string of the molecule is NS(=O)(=O)c1ccc(CCNC(=O)c2ccc(-n3nnc4cccnc43)cc2)cc1. The molecule has 9 nitrogen and oxygen atoms in total. The number of benzene rings is 2. The quantitative estimate of drug-likeness (QED) is 0.483. The summed E-state index contributed by atoms with van der Waals surface area (Å²) in [4.78, 5) is 16.7. The number of pyridine rings is 1. The summed E-state index contributed by atoms with van der Waals surface area (Å²) < 4.78 is 24.2. The Labute approximate surface area is 172 Å². The lowest BCUT2D eigenvalue weighted by molar-refractivity contribution is 0.0954. The minimum absolute atomic E-state index is 0.0609. The molecule has 2 heterocycles. The molecule has 0 atom stereocenters. The Morgan fingerprint density at radius 2 is 1.77 bits per heavy atom. The molecule has 0 unspecified atom stereocenters. The molecular formula is C20H18N6O3S. The lowest BCUT2D eigenvalue weighted by Crippen LogP contribution is -2.25. The molecule has 0 bridgehead atoms. The second-order valence-corrected chi connectivity index (χ2v) is 8.15. The van der Waals surface area contributed by atoms with Gasteiger partial charge in [-0.15, -0.1) is 5.10 Å². The third-order valence-electron chi connectivity index (χ3n) is 4.53. The van der Waals surface area contributed by atoms with Gasteiger partial charge >= 0.3 is 0 Å². The molecule has 2 aromatic carbocycles. The fourth-order valence-electron chi connectivity index (χ4n) is 2.96. The van der Waals surface area contributed by atoms with Gasteiger partial charge in [0.2, 0.25) is 10.0 Å². The van der Waals surface area contributed by atoms with Gasteiger partial charge in [0.05, 0.1) is 10.6 Å². The van der Waals surface area contributed by atoms with Gasteiger partial charge in [0.25, 0.3) is 5.91 Å². The summed E-state index contributed by atoms with van der Waals surface area (Å²) in [6.45, 7) is 0.410. The number of nitrogens with one attached hydrogen (secondary N) is 1. The molecule has 10 heteroatoms. The van der Waals surface area contributed by atoms with Gasteiger partial charge in [-0.05, 0) is 60.5 Å². The minimum atomic E-state index is -3.71. The van der Waals surface area contributed by atoms with Gasteiger partial charge in [-0.2, -0.15) is 4.68 Å². The molecule has 0 spiro atoms. The molecule has 152 valence electrons. The van der Waals surface area contributed by atoms with Gasteiger partial charge in [-0.1, -0.05) is 17.3 Å². The highest BCUT2D eigenvalue weighted by Crippen LogP contribution is 2.14. The van der Waals surface area contributed by atoms with Crippen LogP contribution in [-0.4, -0.2) is 40.8 Å². The Balaban J connectivity index is 1.37. The van der Waals surface area contributed by atoms with Crippen molar-refractivity contribution in [3.63, 3.8) is 0 Å². The van der Waals surface area contributed by atoms with Gasteiger partial charge in [0, 0.05) is 18.3 Å². The van der Waals surface area contributed by atoms with Crippen LogP contribution in [0.5, 0.6) is 0 Å². The van der Waals surface area contributed by atoms with Crippen LogP contribution in [0.2, 0.25) is 0 Å². The van der Waals surface area contributed by atoms with E-state index in [0.29, 0.717) is 29.7 Å². The highest BCUT2D eigenvalue weighted by atomic mass is 32.2. The number of carbonyl (C=O) groups excluding carboxylic acids is 1. The van der Waals surface area contributed by atoms with E-state index in [2.05, 4.69) is 20.6 Å². The molecule has 0 fully saturated rings. The third-order valence-corrected chi connectivity index (χ3v) is 5.46. The first-order chi connectivity index (χ1) is 14.4. The van der Waals surface area contributed by atoms with Gasteiger partial charge in [0.1, 0.15) is 5.52 Å². The lowest BCUT2D eigenvalue weighted by atomic mass is 10.1. The normalized spacial score (nSPS) is 11.5. The number of aromatic nitrogens is 4. The molecule has 0 saturated carbocycles. The number of fused-ring (bicyclic) bond motifs is 1. The predicted molar refractivity (Wildman–Crippen MR) is 111 cm³/mol. The van der Waals surface area contributed by atoms with E-state index >= 15 is 0 Å². The summed E-state index contributed by atoms with van der Waals surface area (Å²) in [5.74, 6) is -0.204. The molecule has 4 rings (SSSR count). The molecule has 0 radical (unpaired) electrons. The maximum Gasteiger partial charge on any atom is 0.251 e. The van der Waals surface area contributed by atoms with Crippen molar-refractivity contribution in [1.29, 1.82) is 0 Å². The van der Waals surface area contributed by atoms with Crippen LogP contribution in [0.25, 0.3) is 16.9 Å². The minimum Gasteiger partial charge on any atom is -0.352 e. The van der Waals surface area contributed by atoms with Gasteiger partial charge < -0.3 is 5.32 Å². The number of hydrogen-bond donors (Lipinski definition) is 2. The number of nitrogens with two attached hydrogens (primary N) is 1. The first-order valence-corrected chi connectivity index (χ1v) is 10.6. The molecule has 2 aromatic heterocycles. The first kappa shape index (κ1) is 19.7. The molecule has 4 aromatic rings. The highest BCUT2D eigenvalue weighted by molar-refractivity contribution is 7.89. The van der Waals surface area contributed by atoms with E-state index < -0.39 is 10.0 Å². The van der Waals surface area contributed by atoms with E-state index in [-0.39, 0.29) is 10.8 Å². The third kappa shape index (κ3) is 4.19. The van der Waals surface area contributed by atoms with Crippen molar-refractivity contribution < 1.29 is 13.2 Å². The van der Waals surface area contributed by atoms with E-state index in [1.165, 1.54) is 12.1 Å². The Morgan fingerprint density at radius 1 is 1.03 bits per heavy atom. The van der Waals surface area contributed by atoms with E-state index in [1.807, 2.05) is 6.07 Å². The Kier molecular flexibility index (Phi) is 5.25. The van der Waals surface area contributed by atoms with Crippen LogP contribution >= 0.6 is 0 Å². The monoisotopic (exact) mass is 422 g/mol. The maximum absolute atomic E-state index is 12.4. The smallest absolute Gasteiger partial charge is 0.251 e. The summed E-state index contributed by atoms with van der Waals surface area (Å²) in [5, 5.41) is 16.1. The standard InChI is InChI=1S/C20H18N6O3S/c21-30(28,29)17-9-3-14(4-10-17)11-13-23-20(27)15-5-7-16(8-6-15)26-19-18(24-25-26)2-1-12-22-19/h1-10,12H,11,13H2,(H,23,27)(H2,21,28,29). The molecule has 0 saturated heterocycles. The fraction of sp³-hybridized carbons (Fsp3) is 0.100. The van der Waals surface area contributed by atoms with Crippen LogP contribution < -0.4 is 10.5 Å². The number of amides is 1. The molecular weight excluding hydrogens is 404 g/mol. The second kappa shape index (κ2) is 8.01. The zero-order valence-corrected chi connectivity index (χ0v) is 16.6. The summed E-state index contributed by atoms with van der Waals surface area (Å²) in [5.41, 5.74) is 3.49. The molecule has 0 aliphatic heterocycles. The number of sulfonamides is 1. The topological polar surface area (TPSA) is 133 Å². The van der Waals surface area contributed by atoms with Crippen LogP contribution in [0.4, 0.5) is 0 Å². The second-order valence-electron chi connectivity index (χ2n) is 6.59. The molecule has 3 N–H and O–H groups in total. The molecule has 30 heavy (non-hydrogen) atoms. The number of rotatable bonds is 6. The Bertz CT molecular complexity index is 1300.